The lowest BCUT2D eigenvalue weighted by atomic mass is 10.0. The van der Waals surface area contributed by atoms with Gasteiger partial charge in [-0.15, -0.1) is 11.3 Å². The van der Waals surface area contributed by atoms with Crippen molar-refractivity contribution < 1.29 is 0 Å². The van der Waals surface area contributed by atoms with Gasteiger partial charge in [-0.3, -0.25) is 0 Å². The van der Waals surface area contributed by atoms with Crippen LogP contribution in [0.2, 0.25) is 0 Å². The van der Waals surface area contributed by atoms with Gasteiger partial charge in [-0.05, 0) is 57.8 Å². The van der Waals surface area contributed by atoms with Crippen molar-refractivity contribution in [2.45, 2.75) is 39.3 Å². The van der Waals surface area contributed by atoms with Gasteiger partial charge in [-0.2, -0.15) is 0 Å². The molecule has 0 amide bonds. The highest BCUT2D eigenvalue weighted by molar-refractivity contribution is 7.10. The average molecular weight is 226 g/mol. The van der Waals surface area contributed by atoms with Crippen molar-refractivity contribution in [2.75, 3.05) is 13.6 Å². The molecule has 0 spiro atoms. The van der Waals surface area contributed by atoms with Crippen LogP contribution in [0.3, 0.4) is 0 Å². The van der Waals surface area contributed by atoms with Crippen molar-refractivity contribution in [1.82, 2.24) is 4.90 Å². The number of nitrogens with two attached hydrogens (primary N) is 1. The standard InChI is InChI=1S/C12H22N2S/c1-10-5-8-15-11(10)9-14(4)7-6-12(2,3)13/h5,8H,6-7,9,13H2,1-4H3. The number of nitrogens with zero attached hydrogens (tertiary/aromatic N) is 1. The number of hydrogen-bond donors (Lipinski definition) is 1. The summed E-state index contributed by atoms with van der Waals surface area (Å²) in [4.78, 5) is 3.81. The van der Waals surface area contributed by atoms with E-state index in [0.29, 0.717) is 0 Å². The van der Waals surface area contributed by atoms with Gasteiger partial charge in [0.05, 0.1) is 0 Å². The third kappa shape index (κ3) is 4.78. The summed E-state index contributed by atoms with van der Waals surface area (Å²) in [5, 5.41) is 2.16. The topological polar surface area (TPSA) is 29.3 Å². The van der Waals surface area contributed by atoms with E-state index < -0.39 is 0 Å². The second-order valence-electron chi connectivity index (χ2n) is 5.00. The molecule has 0 aliphatic heterocycles. The molecule has 3 heteroatoms. The Morgan fingerprint density at radius 3 is 2.60 bits per heavy atom. The minimum atomic E-state index is -0.0568. The minimum Gasteiger partial charge on any atom is -0.326 e. The van der Waals surface area contributed by atoms with E-state index in [1.165, 1.54) is 10.4 Å². The number of aryl methyl sites for hydroxylation is 1. The molecule has 0 bridgehead atoms. The predicted molar refractivity (Wildman–Crippen MR) is 68.3 cm³/mol. The van der Waals surface area contributed by atoms with E-state index in [1.54, 1.807) is 0 Å². The molecule has 1 heterocycles. The van der Waals surface area contributed by atoms with E-state index in [2.05, 4.69) is 44.2 Å². The van der Waals surface area contributed by atoms with Gasteiger partial charge in [-0.1, -0.05) is 0 Å². The highest BCUT2D eigenvalue weighted by Gasteiger charge is 2.12. The van der Waals surface area contributed by atoms with Gasteiger partial charge in [-0.25, -0.2) is 0 Å². The lowest BCUT2D eigenvalue weighted by molar-refractivity contribution is 0.290. The number of rotatable bonds is 5. The first-order valence-electron chi connectivity index (χ1n) is 5.39. The summed E-state index contributed by atoms with van der Waals surface area (Å²) in [6.07, 6.45) is 1.04. The lowest BCUT2D eigenvalue weighted by Crippen LogP contribution is -2.36. The zero-order valence-corrected chi connectivity index (χ0v) is 11.0. The Hall–Kier alpha value is -0.380. The molecule has 0 aliphatic rings. The van der Waals surface area contributed by atoms with Crippen molar-refractivity contribution in [3.8, 4) is 0 Å². The summed E-state index contributed by atoms with van der Waals surface area (Å²) in [6.45, 7) is 8.43. The normalized spacial score (nSPS) is 12.4. The van der Waals surface area contributed by atoms with Gasteiger partial charge in [0, 0.05) is 17.0 Å². The highest BCUT2D eigenvalue weighted by atomic mass is 32.1. The maximum atomic E-state index is 5.96. The smallest absolute Gasteiger partial charge is 0.0327 e. The van der Waals surface area contributed by atoms with Crippen LogP contribution in [0.1, 0.15) is 30.7 Å². The molecule has 1 aromatic rings. The van der Waals surface area contributed by atoms with Crippen LogP contribution in [0.4, 0.5) is 0 Å². The van der Waals surface area contributed by atoms with Crippen LogP contribution in [-0.4, -0.2) is 24.0 Å². The number of hydrogen-bond acceptors (Lipinski definition) is 3. The van der Waals surface area contributed by atoms with Gasteiger partial charge in [0.25, 0.3) is 0 Å². The first kappa shape index (κ1) is 12.7. The van der Waals surface area contributed by atoms with Crippen molar-refractivity contribution in [3.63, 3.8) is 0 Å². The molecule has 0 aromatic carbocycles. The molecule has 1 rings (SSSR count). The quantitative estimate of drug-likeness (QED) is 0.836. The first-order valence-corrected chi connectivity index (χ1v) is 6.27. The van der Waals surface area contributed by atoms with E-state index in [9.17, 15) is 0 Å². The molecular weight excluding hydrogens is 204 g/mol. The molecule has 0 unspecified atom stereocenters. The monoisotopic (exact) mass is 226 g/mol. The minimum absolute atomic E-state index is 0.0568. The summed E-state index contributed by atoms with van der Waals surface area (Å²) in [7, 11) is 2.16. The molecule has 15 heavy (non-hydrogen) atoms. The third-order valence-electron chi connectivity index (χ3n) is 2.52. The molecule has 0 saturated heterocycles. The maximum Gasteiger partial charge on any atom is 0.0327 e. The fourth-order valence-corrected chi connectivity index (χ4v) is 2.35. The Kier molecular flexibility index (Phi) is 4.32. The molecule has 0 atom stereocenters. The van der Waals surface area contributed by atoms with Gasteiger partial charge in [0.15, 0.2) is 0 Å². The Morgan fingerprint density at radius 2 is 2.13 bits per heavy atom. The van der Waals surface area contributed by atoms with Crippen LogP contribution in [0.25, 0.3) is 0 Å². The molecule has 2 N–H and O–H groups in total. The van der Waals surface area contributed by atoms with E-state index in [4.69, 9.17) is 5.73 Å². The third-order valence-corrected chi connectivity index (χ3v) is 3.53. The van der Waals surface area contributed by atoms with E-state index in [-0.39, 0.29) is 5.54 Å². The predicted octanol–water partition coefficient (Wildman–Crippen LogP) is 2.62. The summed E-state index contributed by atoms with van der Waals surface area (Å²) >= 11 is 1.84. The summed E-state index contributed by atoms with van der Waals surface area (Å²) in [6, 6.07) is 2.18. The Morgan fingerprint density at radius 1 is 1.47 bits per heavy atom. The fraction of sp³-hybridized carbons (Fsp3) is 0.667. The molecule has 0 radical (unpaired) electrons. The van der Waals surface area contributed by atoms with Gasteiger partial charge in [0.2, 0.25) is 0 Å². The van der Waals surface area contributed by atoms with Crippen molar-refractivity contribution in [3.05, 3.63) is 21.9 Å². The van der Waals surface area contributed by atoms with Crippen molar-refractivity contribution in [1.29, 1.82) is 0 Å². The van der Waals surface area contributed by atoms with Crippen molar-refractivity contribution >= 4 is 11.3 Å². The summed E-state index contributed by atoms with van der Waals surface area (Å²) in [5.74, 6) is 0. The van der Waals surface area contributed by atoms with Crippen LogP contribution in [0.15, 0.2) is 11.4 Å². The molecule has 1 aromatic heterocycles. The van der Waals surface area contributed by atoms with E-state index in [0.717, 1.165) is 19.5 Å². The van der Waals surface area contributed by atoms with Gasteiger partial charge in [0.1, 0.15) is 0 Å². The molecule has 0 aliphatic carbocycles. The van der Waals surface area contributed by atoms with Gasteiger partial charge < -0.3 is 10.6 Å². The zero-order chi connectivity index (χ0) is 11.5. The van der Waals surface area contributed by atoms with Crippen LogP contribution in [-0.2, 0) is 6.54 Å². The van der Waals surface area contributed by atoms with Crippen LogP contribution in [0.5, 0.6) is 0 Å². The zero-order valence-electron chi connectivity index (χ0n) is 10.2. The summed E-state index contributed by atoms with van der Waals surface area (Å²) < 4.78 is 0. The lowest BCUT2D eigenvalue weighted by Gasteiger charge is -2.23. The molecule has 2 nitrogen and oxygen atoms in total. The largest absolute Gasteiger partial charge is 0.326 e. The van der Waals surface area contributed by atoms with Gasteiger partial charge >= 0.3 is 0 Å². The second kappa shape index (κ2) is 5.10. The van der Waals surface area contributed by atoms with Crippen LogP contribution < -0.4 is 5.73 Å². The Bertz CT molecular complexity index is 299. The molecule has 0 fully saturated rings. The molecule has 0 saturated carbocycles. The highest BCUT2D eigenvalue weighted by Crippen LogP contribution is 2.17. The molecular formula is C12H22N2S. The SMILES string of the molecule is Cc1ccsc1CN(C)CCC(C)(C)N. The fourth-order valence-electron chi connectivity index (χ4n) is 1.37. The Balaban J connectivity index is 2.37. The first-order chi connectivity index (χ1) is 6.88. The number of thiophene rings is 1. The van der Waals surface area contributed by atoms with Crippen LogP contribution >= 0.6 is 11.3 Å². The van der Waals surface area contributed by atoms with E-state index >= 15 is 0 Å². The second-order valence-corrected chi connectivity index (χ2v) is 6.00. The van der Waals surface area contributed by atoms with E-state index in [1.807, 2.05) is 11.3 Å². The maximum absolute atomic E-state index is 5.96. The van der Waals surface area contributed by atoms with Crippen molar-refractivity contribution in [2.24, 2.45) is 5.73 Å². The summed E-state index contributed by atoms with van der Waals surface area (Å²) in [5.41, 5.74) is 7.31. The van der Waals surface area contributed by atoms with Crippen LogP contribution in [0, 0.1) is 6.92 Å². The molecule has 86 valence electrons. The Labute approximate surface area is 97.1 Å². The average Bonchev–Trinajstić information content (AvgIpc) is 2.47.